The number of hydrogen-bond donors (Lipinski definition) is 1. The Balaban J connectivity index is 3.28. The molecule has 8 heteroatoms. The van der Waals surface area contributed by atoms with Crippen molar-refractivity contribution in [2.24, 2.45) is 7.05 Å². The molecule has 0 fully saturated rings. The van der Waals surface area contributed by atoms with Gasteiger partial charge in [0.05, 0.1) is 0 Å². The summed E-state index contributed by atoms with van der Waals surface area (Å²) in [5.41, 5.74) is -1.32. The van der Waals surface area contributed by atoms with Crippen molar-refractivity contribution in [3.05, 3.63) is 11.9 Å². The highest BCUT2D eigenvalue weighted by molar-refractivity contribution is 7.79. The van der Waals surface area contributed by atoms with Gasteiger partial charge in [-0.15, -0.1) is 0 Å². The van der Waals surface area contributed by atoms with E-state index in [2.05, 4.69) is 5.10 Å². The maximum absolute atomic E-state index is 12.1. The van der Waals surface area contributed by atoms with Crippen LogP contribution in [0.5, 0.6) is 0 Å². The smallest absolute Gasteiger partial charge is 0.302 e. The van der Waals surface area contributed by atoms with Crippen LogP contribution in [0.25, 0.3) is 0 Å². The van der Waals surface area contributed by atoms with Crippen molar-refractivity contribution >= 4 is 11.1 Å². The molecule has 1 rings (SSSR count). The average molecular weight is 214 g/mol. The molecule has 0 saturated heterocycles. The normalized spacial score (nSPS) is 14.5. The molecule has 0 spiro atoms. The second-order valence-electron chi connectivity index (χ2n) is 2.26. The lowest BCUT2D eigenvalue weighted by atomic mass is 10.4. The van der Waals surface area contributed by atoms with Crippen molar-refractivity contribution in [3.8, 4) is 0 Å². The number of aryl methyl sites for hydroxylation is 1. The minimum absolute atomic E-state index is 0.727. The molecule has 0 amide bonds. The lowest BCUT2D eigenvalue weighted by molar-refractivity contribution is -0.143. The van der Waals surface area contributed by atoms with Gasteiger partial charge in [-0.3, -0.25) is 4.68 Å². The Morgan fingerprint density at radius 1 is 1.62 bits per heavy atom. The van der Waals surface area contributed by atoms with Gasteiger partial charge >= 0.3 is 6.18 Å². The van der Waals surface area contributed by atoms with E-state index in [4.69, 9.17) is 4.55 Å². The molecule has 0 aliphatic heterocycles. The van der Waals surface area contributed by atoms with Crippen LogP contribution in [0.15, 0.2) is 11.1 Å². The van der Waals surface area contributed by atoms with E-state index in [0.717, 1.165) is 10.9 Å². The molecule has 1 unspecified atom stereocenters. The molecule has 0 saturated carbocycles. The molecule has 1 atom stereocenters. The molecule has 74 valence electrons. The van der Waals surface area contributed by atoms with Gasteiger partial charge in [-0.05, 0) is 0 Å². The molecule has 0 bridgehead atoms. The zero-order chi connectivity index (χ0) is 10.2. The maximum atomic E-state index is 12.1. The highest BCUT2D eigenvalue weighted by Crippen LogP contribution is 2.31. The van der Waals surface area contributed by atoms with Crippen LogP contribution in [-0.2, 0) is 24.3 Å². The van der Waals surface area contributed by atoms with Crippen LogP contribution in [0, 0.1) is 0 Å². The third-order valence-corrected chi connectivity index (χ3v) is 1.93. The Morgan fingerprint density at radius 2 is 2.15 bits per heavy atom. The minimum atomic E-state index is -4.70. The van der Waals surface area contributed by atoms with Gasteiger partial charge in [0.1, 0.15) is 4.90 Å². The van der Waals surface area contributed by atoms with Crippen LogP contribution >= 0.6 is 0 Å². The number of halogens is 3. The van der Waals surface area contributed by atoms with E-state index in [1.807, 2.05) is 0 Å². The van der Waals surface area contributed by atoms with Crippen LogP contribution in [0.1, 0.15) is 5.69 Å². The molecular weight excluding hydrogens is 209 g/mol. The van der Waals surface area contributed by atoms with Gasteiger partial charge in [0.25, 0.3) is 0 Å². The van der Waals surface area contributed by atoms with Crippen LogP contribution < -0.4 is 0 Å². The van der Waals surface area contributed by atoms with Crippen molar-refractivity contribution in [2.75, 3.05) is 0 Å². The van der Waals surface area contributed by atoms with Crippen molar-refractivity contribution < 1.29 is 21.9 Å². The van der Waals surface area contributed by atoms with Crippen molar-refractivity contribution in [2.45, 2.75) is 11.1 Å². The SMILES string of the molecule is Cn1cc(S(=O)O)c(C(F)(F)F)n1. The fourth-order valence-corrected chi connectivity index (χ4v) is 1.36. The number of alkyl halides is 3. The largest absolute Gasteiger partial charge is 0.436 e. The van der Waals surface area contributed by atoms with Gasteiger partial charge in [-0.2, -0.15) is 18.3 Å². The molecule has 0 radical (unpaired) electrons. The summed E-state index contributed by atoms with van der Waals surface area (Å²) >= 11 is -2.67. The molecule has 1 aromatic heterocycles. The molecule has 4 nitrogen and oxygen atoms in total. The lowest BCUT2D eigenvalue weighted by Crippen LogP contribution is -2.09. The molecule has 0 aromatic carbocycles. The summed E-state index contributed by atoms with van der Waals surface area (Å²) in [5.74, 6) is 0. The summed E-state index contributed by atoms with van der Waals surface area (Å²) < 4.78 is 56.1. The van der Waals surface area contributed by atoms with Gasteiger partial charge < -0.3 is 4.55 Å². The second kappa shape index (κ2) is 3.11. The van der Waals surface area contributed by atoms with Gasteiger partial charge in [0.2, 0.25) is 0 Å². The Bertz CT molecular complexity index is 346. The second-order valence-corrected chi connectivity index (χ2v) is 3.20. The molecular formula is C5H5F3N2O2S. The van der Waals surface area contributed by atoms with Crippen molar-refractivity contribution in [1.82, 2.24) is 9.78 Å². The zero-order valence-electron chi connectivity index (χ0n) is 6.37. The first-order valence-corrected chi connectivity index (χ1v) is 4.14. The molecule has 0 aliphatic rings. The van der Waals surface area contributed by atoms with Gasteiger partial charge in [0.15, 0.2) is 16.8 Å². The first kappa shape index (κ1) is 10.2. The third kappa shape index (κ3) is 2.07. The number of aromatic nitrogens is 2. The maximum Gasteiger partial charge on any atom is 0.436 e. The van der Waals surface area contributed by atoms with Crippen molar-refractivity contribution in [1.29, 1.82) is 0 Å². The van der Waals surface area contributed by atoms with E-state index in [1.165, 1.54) is 7.05 Å². The highest BCUT2D eigenvalue weighted by Gasteiger charge is 2.38. The van der Waals surface area contributed by atoms with E-state index in [9.17, 15) is 17.4 Å². The molecule has 0 aliphatic carbocycles. The van der Waals surface area contributed by atoms with Gasteiger partial charge in [0, 0.05) is 13.2 Å². The topological polar surface area (TPSA) is 55.1 Å². The summed E-state index contributed by atoms with van der Waals surface area (Å²) in [4.78, 5) is -0.727. The lowest BCUT2D eigenvalue weighted by Gasteiger charge is -2.02. The quantitative estimate of drug-likeness (QED) is 0.710. The van der Waals surface area contributed by atoms with E-state index >= 15 is 0 Å². The first-order valence-electron chi connectivity index (χ1n) is 3.04. The minimum Gasteiger partial charge on any atom is -0.302 e. The van der Waals surface area contributed by atoms with E-state index in [-0.39, 0.29) is 0 Å². The molecule has 1 aromatic rings. The first-order chi connectivity index (χ1) is 5.82. The number of nitrogens with zero attached hydrogens (tertiary/aromatic N) is 2. The van der Waals surface area contributed by atoms with Crippen LogP contribution in [0.3, 0.4) is 0 Å². The average Bonchev–Trinajstić information content (AvgIpc) is 2.29. The monoisotopic (exact) mass is 214 g/mol. The van der Waals surface area contributed by atoms with Gasteiger partial charge in [-0.1, -0.05) is 0 Å². The van der Waals surface area contributed by atoms with E-state index in [1.54, 1.807) is 0 Å². The van der Waals surface area contributed by atoms with Crippen LogP contribution in [0.2, 0.25) is 0 Å². The Kier molecular flexibility index (Phi) is 2.44. The van der Waals surface area contributed by atoms with Crippen molar-refractivity contribution in [3.63, 3.8) is 0 Å². The van der Waals surface area contributed by atoms with E-state index < -0.39 is 27.8 Å². The fraction of sp³-hybridized carbons (Fsp3) is 0.400. The molecule has 1 heterocycles. The Morgan fingerprint density at radius 3 is 2.46 bits per heavy atom. The summed E-state index contributed by atoms with van der Waals surface area (Å²) in [7, 11) is 1.24. The Labute approximate surface area is 73.6 Å². The van der Waals surface area contributed by atoms with E-state index in [0.29, 0.717) is 0 Å². The summed E-state index contributed by atoms with van der Waals surface area (Å²) in [6, 6.07) is 0. The third-order valence-electron chi connectivity index (χ3n) is 1.25. The number of hydrogen-bond acceptors (Lipinski definition) is 2. The zero-order valence-corrected chi connectivity index (χ0v) is 7.19. The Hall–Kier alpha value is -0.890. The predicted octanol–water partition coefficient (Wildman–Crippen LogP) is 1.02. The summed E-state index contributed by atoms with van der Waals surface area (Å²) in [6.45, 7) is 0. The highest BCUT2D eigenvalue weighted by atomic mass is 32.2. The van der Waals surface area contributed by atoms with Crippen LogP contribution in [-0.4, -0.2) is 18.5 Å². The summed E-state index contributed by atoms with van der Waals surface area (Å²) in [5, 5.41) is 3.04. The fourth-order valence-electron chi connectivity index (χ4n) is 0.791. The van der Waals surface area contributed by atoms with Crippen LogP contribution in [0.4, 0.5) is 13.2 Å². The standard InChI is InChI=1S/C5H5F3N2O2S/c1-10-2-3(13(11)12)4(9-10)5(6,7)8/h2H,1H3,(H,11,12). The number of rotatable bonds is 1. The predicted molar refractivity (Wildman–Crippen MR) is 37.2 cm³/mol. The van der Waals surface area contributed by atoms with Gasteiger partial charge in [-0.25, -0.2) is 4.21 Å². The molecule has 13 heavy (non-hydrogen) atoms. The molecule has 1 N–H and O–H groups in total. The summed E-state index contributed by atoms with van der Waals surface area (Å²) in [6.07, 6.45) is -3.84.